The second-order valence-electron chi connectivity index (χ2n) is 5.38. The van der Waals surface area contributed by atoms with Crippen molar-refractivity contribution in [1.29, 1.82) is 0 Å². The number of carbonyl (C=O) groups excluding carboxylic acids is 1. The molecule has 0 unspecified atom stereocenters. The van der Waals surface area contributed by atoms with Gasteiger partial charge in [0.25, 0.3) is 5.91 Å². The SMILES string of the molecule is CCc1cccc(C)c1NC(=O)c1nc(C)n2ccccc12. The molecule has 0 aliphatic rings. The van der Waals surface area contributed by atoms with Crippen LogP contribution in [0.4, 0.5) is 5.69 Å². The third-order valence-electron chi connectivity index (χ3n) is 3.92. The average Bonchev–Trinajstić information content (AvgIpc) is 2.87. The predicted molar refractivity (Wildman–Crippen MR) is 88.4 cm³/mol. The third kappa shape index (κ3) is 2.37. The molecule has 0 saturated carbocycles. The van der Waals surface area contributed by atoms with Crippen molar-refractivity contribution in [2.24, 2.45) is 0 Å². The molecule has 112 valence electrons. The molecule has 2 heterocycles. The smallest absolute Gasteiger partial charge is 0.276 e. The van der Waals surface area contributed by atoms with Crippen molar-refractivity contribution in [3.8, 4) is 0 Å². The molecule has 3 rings (SSSR count). The van der Waals surface area contributed by atoms with E-state index in [2.05, 4.69) is 17.2 Å². The number of carbonyl (C=O) groups is 1. The number of fused-ring (bicyclic) bond motifs is 1. The number of anilines is 1. The van der Waals surface area contributed by atoms with Crippen LogP contribution >= 0.6 is 0 Å². The summed E-state index contributed by atoms with van der Waals surface area (Å²) in [5.41, 5.74) is 4.37. The third-order valence-corrected chi connectivity index (χ3v) is 3.92. The van der Waals surface area contributed by atoms with Crippen molar-refractivity contribution in [2.75, 3.05) is 5.32 Å². The highest BCUT2D eigenvalue weighted by molar-refractivity contribution is 6.08. The van der Waals surface area contributed by atoms with E-state index < -0.39 is 0 Å². The molecule has 22 heavy (non-hydrogen) atoms. The number of aromatic nitrogens is 2. The Balaban J connectivity index is 2.01. The maximum atomic E-state index is 12.7. The number of para-hydroxylation sites is 1. The zero-order chi connectivity index (χ0) is 15.7. The van der Waals surface area contributed by atoms with E-state index in [0.717, 1.165) is 34.6 Å². The maximum absolute atomic E-state index is 12.7. The highest BCUT2D eigenvalue weighted by Crippen LogP contribution is 2.22. The highest BCUT2D eigenvalue weighted by Gasteiger charge is 2.17. The van der Waals surface area contributed by atoms with Gasteiger partial charge in [-0.1, -0.05) is 31.2 Å². The van der Waals surface area contributed by atoms with Gasteiger partial charge in [-0.2, -0.15) is 0 Å². The molecule has 0 spiro atoms. The number of pyridine rings is 1. The first-order valence-corrected chi connectivity index (χ1v) is 7.45. The van der Waals surface area contributed by atoms with Crippen molar-refractivity contribution in [2.45, 2.75) is 27.2 Å². The lowest BCUT2D eigenvalue weighted by atomic mass is 10.1. The van der Waals surface area contributed by atoms with Crippen molar-refractivity contribution >= 4 is 17.1 Å². The van der Waals surface area contributed by atoms with Gasteiger partial charge in [-0.25, -0.2) is 4.98 Å². The summed E-state index contributed by atoms with van der Waals surface area (Å²) in [4.78, 5) is 17.1. The number of benzene rings is 1. The second kappa shape index (κ2) is 5.64. The lowest BCUT2D eigenvalue weighted by Crippen LogP contribution is -2.15. The molecule has 0 fully saturated rings. The zero-order valence-electron chi connectivity index (χ0n) is 13.1. The number of rotatable bonds is 3. The van der Waals surface area contributed by atoms with Gasteiger partial charge in [-0.15, -0.1) is 0 Å². The van der Waals surface area contributed by atoms with Crippen LogP contribution in [0.15, 0.2) is 42.6 Å². The molecule has 2 aromatic heterocycles. The number of nitrogens with one attached hydrogen (secondary N) is 1. The van der Waals surface area contributed by atoms with E-state index in [1.54, 1.807) is 0 Å². The van der Waals surface area contributed by atoms with Crippen LogP contribution in [-0.2, 0) is 6.42 Å². The summed E-state index contributed by atoms with van der Waals surface area (Å²) >= 11 is 0. The van der Waals surface area contributed by atoms with Crippen LogP contribution in [-0.4, -0.2) is 15.3 Å². The monoisotopic (exact) mass is 293 g/mol. The molecule has 4 heteroatoms. The lowest BCUT2D eigenvalue weighted by Gasteiger charge is -2.12. The highest BCUT2D eigenvalue weighted by atomic mass is 16.1. The summed E-state index contributed by atoms with van der Waals surface area (Å²) in [6.07, 6.45) is 2.79. The number of nitrogens with zero attached hydrogens (tertiary/aromatic N) is 2. The van der Waals surface area contributed by atoms with E-state index in [9.17, 15) is 4.79 Å². The quantitative estimate of drug-likeness (QED) is 0.799. The van der Waals surface area contributed by atoms with Crippen molar-refractivity contribution in [1.82, 2.24) is 9.38 Å². The normalized spacial score (nSPS) is 10.9. The van der Waals surface area contributed by atoms with Gasteiger partial charge in [0.05, 0.1) is 5.52 Å². The molecule has 3 aromatic rings. The van der Waals surface area contributed by atoms with E-state index in [0.29, 0.717) is 5.69 Å². The van der Waals surface area contributed by atoms with Gasteiger partial charge in [0, 0.05) is 11.9 Å². The van der Waals surface area contributed by atoms with Crippen LogP contribution in [0.1, 0.15) is 34.4 Å². The van der Waals surface area contributed by atoms with Crippen LogP contribution < -0.4 is 5.32 Å². The number of amides is 1. The van der Waals surface area contributed by atoms with E-state index in [1.807, 2.05) is 60.8 Å². The minimum atomic E-state index is -0.166. The molecule has 0 radical (unpaired) electrons. The minimum Gasteiger partial charge on any atom is -0.320 e. The van der Waals surface area contributed by atoms with Gasteiger partial charge in [0.15, 0.2) is 5.69 Å². The molecule has 1 amide bonds. The molecule has 1 N–H and O–H groups in total. The largest absolute Gasteiger partial charge is 0.320 e. The molecular formula is C18H19N3O. The first-order valence-electron chi connectivity index (χ1n) is 7.45. The summed E-state index contributed by atoms with van der Waals surface area (Å²) < 4.78 is 1.92. The van der Waals surface area contributed by atoms with Crippen molar-refractivity contribution < 1.29 is 4.79 Å². The average molecular weight is 293 g/mol. The topological polar surface area (TPSA) is 46.4 Å². The summed E-state index contributed by atoms with van der Waals surface area (Å²) in [7, 11) is 0. The first kappa shape index (κ1) is 14.3. The van der Waals surface area contributed by atoms with E-state index >= 15 is 0 Å². The molecule has 4 nitrogen and oxygen atoms in total. The molecule has 0 saturated heterocycles. The fraction of sp³-hybridized carbons (Fsp3) is 0.222. The van der Waals surface area contributed by atoms with Crippen LogP contribution in [0.25, 0.3) is 5.52 Å². The van der Waals surface area contributed by atoms with Crippen LogP contribution in [0.3, 0.4) is 0 Å². The maximum Gasteiger partial charge on any atom is 0.276 e. The van der Waals surface area contributed by atoms with Crippen molar-refractivity contribution in [3.05, 3.63) is 65.2 Å². The van der Waals surface area contributed by atoms with Gasteiger partial charge in [0.2, 0.25) is 0 Å². The molecule has 0 bridgehead atoms. The van der Waals surface area contributed by atoms with Gasteiger partial charge in [-0.3, -0.25) is 4.79 Å². The summed E-state index contributed by atoms with van der Waals surface area (Å²) in [5, 5.41) is 3.04. The van der Waals surface area contributed by atoms with Gasteiger partial charge in [-0.05, 0) is 43.5 Å². The number of aryl methyl sites for hydroxylation is 3. The van der Waals surface area contributed by atoms with Gasteiger partial charge in [0.1, 0.15) is 5.82 Å². The molecule has 0 aliphatic carbocycles. The second-order valence-corrected chi connectivity index (χ2v) is 5.38. The molecular weight excluding hydrogens is 274 g/mol. The number of hydrogen-bond acceptors (Lipinski definition) is 2. The zero-order valence-corrected chi connectivity index (χ0v) is 13.1. The van der Waals surface area contributed by atoms with Crippen LogP contribution in [0, 0.1) is 13.8 Å². The van der Waals surface area contributed by atoms with E-state index in [1.165, 1.54) is 0 Å². The Hall–Kier alpha value is -2.62. The Morgan fingerprint density at radius 3 is 2.77 bits per heavy atom. The standard InChI is InChI=1S/C18H19N3O/c1-4-14-9-7-8-12(2)16(14)20-18(22)17-15-10-5-6-11-21(15)13(3)19-17/h5-11H,4H2,1-3H3,(H,20,22). The Morgan fingerprint density at radius 1 is 1.18 bits per heavy atom. The fourth-order valence-electron chi connectivity index (χ4n) is 2.73. The predicted octanol–water partition coefficient (Wildman–Crippen LogP) is 3.77. The minimum absolute atomic E-state index is 0.166. The first-order chi connectivity index (χ1) is 10.6. The van der Waals surface area contributed by atoms with Crippen molar-refractivity contribution in [3.63, 3.8) is 0 Å². The molecule has 0 aliphatic heterocycles. The van der Waals surface area contributed by atoms with Crippen LogP contribution in [0.5, 0.6) is 0 Å². The molecule has 0 atom stereocenters. The van der Waals surface area contributed by atoms with Gasteiger partial charge >= 0.3 is 0 Å². The van der Waals surface area contributed by atoms with E-state index in [4.69, 9.17) is 0 Å². The van der Waals surface area contributed by atoms with Crippen LogP contribution in [0.2, 0.25) is 0 Å². The Kier molecular flexibility index (Phi) is 3.67. The Morgan fingerprint density at radius 2 is 2.00 bits per heavy atom. The summed E-state index contributed by atoms with van der Waals surface area (Å²) in [6.45, 7) is 5.99. The van der Waals surface area contributed by atoms with Gasteiger partial charge < -0.3 is 9.72 Å². The Labute approximate surface area is 129 Å². The molecule has 1 aromatic carbocycles. The lowest BCUT2D eigenvalue weighted by molar-refractivity contribution is 0.102. The summed E-state index contributed by atoms with van der Waals surface area (Å²) in [6, 6.07) is 11.8. The summed E-state index contributed by atoms with van der Waals surface area (Å²) in [5.74, 6) is 0.641. The Bertz CT molecular complexity index is 849. The number of hydrogen-bond donors (Lipinski definition) is 1. The fourth-order valence-corrected chi connectivity index (χ4v) is 2.73. The van der Waals surface area contributed by atoms with E-state index in [-0.39, 0.29) is 5.91 Å². The number of imidazole rings is 1.